The average Bonchev–Trinajstić information content (AvgIpc) is 2.82. The monoisotopic (exact) mass is 335 g/mol. The Morgan fingerprint density at radius 3 is 2.48 bits per heavy atom. The van der Waals surface area contributed by atoms with Gasteiger partial charge < -0.3 is 4.74 Å². The predicted molar refractivity (Wildman–Crippen MR) is 97.6 cm³/mol. The van der Waals surface area contributed by atoms with Crippen LogP contribution in [0.1, 0.15) is 65.0 Å². The highest BCUT2D eigenvalue weighted by Crippen LogP contribution is 2.37. The zero-order chi connectivity index (χ0) is 16.9. The number of nitrogens with zero attached hydrogens (tertiary/aromatic N) is 1. The lowest BCUT2D eigenvalue weighted by Gasteiger charge is -2.27. The van der Waals surface area contributed by atoms with Crippen molar-refractivity contribution in [3.05, 3.63) is 35.9 Å². The van der Waals surface area contributed by atoms with E-state index in [0.717, 1.165) is 18.4 Å². The lowest BCUT2D eigenvalue weighted by Crippen LogP contribution is -2.35. The molecule has 1 aliphatic rings. The SMILES string of the molecule is CCCCC[C@@H]1[C@@H](c2ccccc2)OC(=O)N1CSC(C)(C)C. The van der Waals surface area contributed by atoms with Crippen molar-refractivity contribution < 1.29 is 9.53 Å². The van der Waals surface area contributed by atoms with E-state index in [9.17, 15) is 4.79 Å². The first kappa shape index (κ1) is 18.2. The van der Waals surface area contributed by atoms with Crippen molar-refractivity contribution in [3.8, 4) is 0 Å². The van der Waals surface area contributed by atoms with Gasteiger partial charge >= 0.3 is 6.09 Å². The first-order chi connectivity index (χ1) is 10.9. The molecule has 2 rings (SSSR count). The normalized spacial score (nSPS) is 21.6. The molecule has 0 radical (unpaired) electrons. The molecule has 0 spiro atoms. The van der Waals surface area contributed by atoms with Crippen LogP contribution in [0.2, 0.25) is 0 Å². The molecule has 1 aromatic carbocycles. The summed E-state index contributed by atoms with van der Waals surface area (Å²) in [5.74, 6) is 0.697. The van der Waals surface area contributed by atoms with Crippen LogP contribution in [0.5, 0.6) is 0 Å². The Morgan fingerprint density at radius 2 is 1.87 bits per heavy atom. The molecule has 0 aliphatic carbocycles. The van der Waals surface area contributed by atoms with Gasteiger partial charge in [0, 0.05) is 4.75 Å². The number of hydrogen-bond donors (Lipinski definition) is 0. The summed E-state index contributed by atoms with van der Waals surface area (Å²) in [4.78, 5) is 14.3. The number of thioether (sulfide) groups is 1. The Labute approximate surface area is 144 Å². The minimum atomic E-state index is -0.169. The number of ether oxygens (including phenoxy) is 1. The van der Waals surface area contributed by atoms with Crippen LogP contribution >= 0.6 is 11.8 Å². The van der Waals surface area contributed by atoms with E-state index in [2.05, 4.69) is 39.8 Å². The molecular formula is C19H29NO2S. The van der Waals surface area contributed by atoms with Gasteiger partial charge in [-0.3, -0.25) is 4.90 Å². The summed E-state index contributed by atoms with van der Waals surface area (Å²) in [6, 6.07) is 10.3. The van der Waals surface area contributed by atoms with Crippen molar-refractivity contribution in [2.45, 2.75) is 70.3 Å². The van der Waals surface area contributed by atoms with Crippen molar-refractivity contribution >= 4 is 17.9 Å². The van der Waals surface area contributed by atoms with Crippen molar-refractivity contribution in [1.29, 1.82) is 0 Å². The second-order valence-electron chi connectivity index (χ2n) is 7.13. The van der Waals surface area contributed by atoms with Gasteiger partial charge in [0.05, 0.1) is 11.9 Å². The molecule has 4 heteroatoms. The molecule has 23 heavy (non-hydrogen) atoms. The fourth-order valence-electron chi connectivity index (χ4n) is 2.81. The predicted octanol–water partition coefficient (Wildman–Crippen LogP) is 5.62. The lowest BCUT2D eigenvalue weighted by molar-refractivity contribution is 0.129. The van der Waals surface area contributed by atoms with E-state index < -0.39 is 0 Å². The van der Waals surface area contributed by atoms with Crippen molar-refractivity contribution in [1.82, 2.24) is 4.90 Å². The molecule has 1 heterocycles. The maximum absolute atomic E-state index is 12.4. The zero-order valence-corrected chi connectivity index (χ0v) is 15.6. The summed E-state index contributed by atoms with van der Waals surface area (Å²) < 4.78 is 5.88. The van der Waals surface area contributed by atoms with E-state index in [1.54, 1.807) is 11.8 Å². The Kier molecular flexibility index (Phi) is 6.40. The van der Waals surface area contributed by atoms with Gasteiger partial charge in [0.25, 0.3) is 0 Å². The smallest absolute Gasteiger partial charge is 0.411 e. The van der Waals surface area contributed by atoms with E-state index in [4.69, 9.17) is 4.74 Å². The number of amides is 1. The standard InChI is InChI=1S/C19H29NO2S/c1-5-6-8-13-16-17(15-11-9-7-10-12-15)22-18(21)20(16)14-23-19(2,3)4/h7,9-12,16-17H,5-6,8,13-14H2,1-4H3/t16-,17-/m1/s1. The first-order valence-electron chi connectivity index (χ1n) is 8.58. The third-order valence-corrected chi connectivity index (χ3v) is 5.35. The highest BCUT2D eigenvalue weighted by Gasteiger charge is 2.42. The summed E-state index contributed by atoms with van der Waals surface area (Å²) in [6.07, 6.45) is 4.22. The molecule has 1 amide bonds. The fraction of sp³-hybridized carbons (Fsp3) is 0.632. The Balaban J connectivity index is 2.13. The van der Waals surface area contributed by atoms with Gasteiger partial charge in [0.2, 0.25) is 0 Å². The summed E-state index contributed by atoms with van der Waals surface area (Å²) in [7, 11) is 0. The summed E-state index contributed by atoms with van der Waals surface area (Å²) >= 11 is 1.80. The van der Waals surface area contributed by atoms with E-state index >= 15 is 0 Å². The average molecular weight is 336 g/mol. The van der Waals surface area contributed by atoms with Crippen molar-refractivity contribution in [2.24, 2.45) is 0 Å². The molecule has 1 saturated heterocycles. The van der Waals surface area contributed by atoms with Gasteiger partial charge in [-0.2, -0.15) is 0 Å². The largest absolute Gasteiger partial charge is 0.439 e. The summed E-state index contributed by atoms with van der Waals surface area (Å²) in [5, 5.41) is 0. The molecule has 0 saturated carbocycles. The van der Waals surface area contributed by atoms with Crippen LogP contribution in [0.15, 0.2) is 30.3 Å². The van der Waals surface area contributed by atoms with Gasteiger partial charge in [0.1, 0.15) is 6.10 Å². The van der Waals surface area contributed by atoms with Crippen LogP contribution in [0.25, 0.3) is 0 Å². The second-order valence-corrected chi connectivity index (χ2v) is 8.91. The molecule has 2 atom stereocenters. The highest BCUT2D eigenvalue weighted by molar-refractivity contribution is 8.00. The molecule has 1 fully saturated rings. The van der Waals surface area contributed by atoms with E-state index in [1.807, 2.05) is 23.1 Å². The van der Waals surface area contributed by atoms with Crippen molar-refractivity contribution in [2.75, 3.05) is 5.88 Å². The topological polar surface area (TPSA) is 29.5 Å². The summed E-state index contributed by atoms with van der Waals surface area (Å²) in [6.45, 7) is 8.75. The Hall–Kier alpha value is -1.16. The molecule has 0 N–H and O–H groups in total. The quantitative estimate of drug-likeness (QED) is 0.606. The number of cyclic esters (lactones) is 1. The van der Waals surface area contributed by atoms with Crippen LogP contribution in [0.4, 0.5) is 4.79 Å². The minimum Gasteiger partial charge on any atom is -0.439 e. The Morgan fingerprint density at radius 1 is 1.17 bits per heavy atom. The molecule has 0 unspecified atom stereocenters. The van der Waals surface area contributed by atoms with Crippen LogP contribution in [0, 0.1) is 0 Å². The molecule has 0 bridgehead atoms. The molecular weight excluding hydrogens is 306 g/mol. The maximum atomic E-state index is 12.4. The minimum absolute atomic E-state index is 0.138. The van der Waals surface area contributed by atoms with Crippen LogP contribution in [-0.2, 0) is 4.74 Å². The maximum Gasteiger partial charge on any atom is 0.411 e. The first-order valence-corrected chi connectivity index (χ1v) is 9.57. The number of benzene rings is 1. The van der Waals surface area contributed by atoms with Gasteiger partial charge in [0.15, 0.2) is 0 Å². The van der Waals surface area contributed by atoms with E-state index in [-0.39, 0.29) is 23.0 Å². The molecule has 0 aromatic heterocycles. The summed E-state index contributed by atoms with van der Waals surface area (Å²) in [5.41, 5.74) is 1.10. The molecule has 128 valence electrons. The van der Waals surface area contributed by atoms with Gasteiger partial charge in [-0.15, -0.1) is 11.8 Å². The van der Waals surface area contributed by atoms with Gasteiger partial charge in [-0.05, 0) is 12.0 Å². The Bertz CT molecular complexity index is 498. The molecule has 3 nitrogen and oxygen atoms in total. The third-order valence-electron chi connectivity index (χ3n) is 4.08. The molecule has 1 aliphatic heterocycles. The number of carbonyl (C=O) groups is 1. The number of rotatable bonds is 7. The van der Waals surface area contributed by atoms with Crippen LogP contribution < -0.4 is 0 Å². The third kappa shape index (κ3) is 5.17. The number of carbonyl (C=O) groups excluding carboxylic acids is 1. The van der Waals surface area contributed by atoms with E-state index in [0.29, 0.717) is 5.88 Å². The van der Waals surface area contributed by atoms with Crippen LogP contribution in [-0.4, -0.2) is 27.7 Å². The number of hydrogen-bond acceptors (Lipinski definition) is 3. The van der Waals surface area contributed by atoms with Gasteiger partial charge in [-0.25, -0.2) is 4.79 Å². The number of unbranched alkanes of at least 4 members (excludes halogenated alkanes) is 2. The van der Waals surface area contributed by atoms with Gasteiger partial charge in [-0.1, -0.05) is 77.3 Å². The second kappa shape index (κ2) is 8.09. The highest BCUT2D eigenvalue weighted by atomic mass is 32.2. The van der Waals surface area contributed by atoms with E-state index in [1.165, 1.54) is 12.8 Å². The van der Waals surface area contributed by atoms with Crippen LogP contribution in [0.3, 0.4) is 0 Å². The van der Waals surface area contributed by atoms with Crippen molar-refractivity contribution in [3.63, 3.8) is 0 Å². The lowest BCUT2D eigenvalue weighted by atomic mass is 9.97. The zero-order valence-electron chi connectivity index (χ0n) is 14.7. The molecule has 1 aromatic rings. The fourth-order valence-corrected chi connectivity index (χ4v) is 3.63.